The van der Waals surface area contributed by atoms with Gasteiger partial charge in [0.05, 0.1) is 0 Å². The Kier molecular flexibility index (Phi) is 3.86. The highest BCUT2D eigenvalue weighted by Gasteiger charge is 2.15. The molecule has 0 aliphatic carbocycles. The third kappa shape index (κ3) is 3.00. The number of nitrogens with one attached hydrogen (secondary N) is 1. The van der Waals surface area contributed by atoms with Gasteiger partial charge in [-0.25, -0.2) is 9.78 Å². The molecule has 0 fully saturated rings. The molecule has 1 aromatic heterocycles. The monoisotopic (exact) mass is 340 g/mol. The van der Waals surface area contributed by atoms with E-state index in [2.05, 4.69) is 10.3 Å². The van der Waals surface area contributed by atoms with Gasteiger partial charge in [-0.15, -0.1) is 0 Å². The molecule has 3 aromatic rings. The largest absolute Gasteiger partial charge is 0.505 e. The zero-order valence-electron chi connectivity index (χ0n) is 12.6. The molecule has 0 aliphatic rings. The summed E-state index contributed by atoms with van der Waals surface area (Å²) >= 11 is 0. The number of carbonyl (C=O) groups is 2. The number of carbonyl (C=O) groups excluding carboxylic acids is 1. The van der Waals surface area contributed by atoms with Crippen LogP contribution in [0.15, 0.2) is 42.5 Å². The zero-order chi connectivity index (χ0) is 18.1. The number of hydrogen-bond donors (Lipinski definition) is 5. The first-order valence-corrected chi connectivity index (χ1v) is 7.06. The summed E-state index contributed by atoms with van der Waals surface area (Å²) in [6.07, 6.45) is 0. The summed E-state index contributed by atoms with van der Waals surface area (Å²) < 4.78 is 0. The molecule has 0 aliphatic heterocycles. The molecule has 126 valence electrons. The molecule has 0 spiro atoms. The Balaban J connectivity index is 1.96. The maximum absolute atomic E-state index is 12.2. The van der Waals surface area contributed by atoms with Gasteiger partial charge in [-0.2, -0.15) is 0 Å². The molecule has 0 atom stereocenters. The maximum Gasteiger partial charge on any atom is 0.339 e. The number of aromatic hydroxyl groups is 3. The number of aromatic nitrogens is 1. The quantitative estimate of drug-likeness (QED) is 0.461. The minimum atomic E-state index is -1.30. The minimum absolute atomic E-state index is 0.0336. The Hall–Kier alpha value is -3.81. The number of phenols is 3. The lowest BCUT2D eigenvalue weighted by molar-refractivity contribution is 0.0693. The van der Waals surface area contributed by atoms with Crippen LogP contribution in [-0.4, -0.2) is 37.3 Å². The second-order valence-corrected chi connectivity index (χ2v) is 5.19. The number of aromatic carboxylic acids is 1. The molecular weight excluding hydrogens is 328 g/mol. The van der Waals surface area contributed by atoms with Gasteiger partial charge in [0.1, 0.15) is 16.9 Å². The number of fused-ring (bicyclic) bond motifs is 1. The van der Waals surface area contributed by atoms with Crippen molar-refractivity contribution in [3.8, 4) is 17.2 Å². The van der Waals surface area contributed by atoms with Crippen molar-refractivity contribution in [2.45, 2.75) is 0 Å². The van der Waals surface area contributed by atoms with Crippen LogP contribution >= 0.6 is 0 Å². The van der Waals surface area contributed by atoms with Crippen molar-refractivity contribution in [2.75, 3.05) is 5.32 Å². The normalized spacial score (nSPS) is 10.6. The maximum atomic E-state index is 12.2. The Labute approximate surface area is 140 Å². The van der Waals surface area contributed by atoms with Crippen LogP contribution < -0.4 is 5.32 Å². The first-order valence-electron chi connectivity index (χ1n) is 7.06. The number of nitrogens with zero attached hydrogens (tertiary/aromatic N) is 1. The molecule has 0 unspecified atom stereocenters. The van der Waals surface area contributed by atoms with Gasteiger partial charge in [0, 0.05) is 10.9 Å². The Morgan fingerprint density at radius 2 is 1.64 bits per heavy atom. The number of amides is 1. The van der Waals surface area contributed by atoms with E-state index in [1.165, 1.54) is 30.3 Å². The van der Waals surface area contributed by atoms with E-state index in [0.29, 0.717) is 5.39 Å². The average Bonchev–Trinajstić information content (AvgIpc) is 2.57. The third-order valence-corrected chi connectivity index (χ3v) is 3.55. The van der Waals surface area contributed by atoms with Crippen LogP contribution in [0.25, 0.3) is 10.9 Å². The smallest absolute Gasteiger partial charge is 0.339 e. The van der Waals surface area contributed by atoms with E-state index >= 15 is 0 Å². The van der Waals surface area contributed by atoms with E-state index in [-0.39, 0.29) is 28.2 Å². The second kappa shape index (κ2) is 6.00. The summed E-state index contributed by atoms with van der Waals surface area (Å²) in [6.45, 7) is 0. The van der Waals surface area contributed by atoms with Gasteiger partial charge in [0.15, 0.2) is 17.2 Å². The van der Waals surface area contributed by atoms with Crippen molar-refractivity contribution in [3.05, 3.63) is 53.6 Å². The lowest BCUT2D eigenvalue weighted by Crippen LogP contribution is -2.12. The van der Waals surface area contributed by atoms with Gasteiger partial charge in [-0.1, -0.05) is 6.07 Å². The SMILES string of the molecule is O=C(Nc1ccc2ccc(C(=O)O)c(O)c2n1)c1ccc(O)c(O)c1. The fourth-order valence-electron chi connectivity index (χ4n) is 2.27. The molecule has 0 saturated heterocycles. The lowest BCUT2D eigenvalue weighted by Gasteiger charge is -2.08. The summed E-state index contributed by atoms with van der Waals surface area (Å²) in [6, 6.07) is 9.38. The fourth-order valence-corrected chi connectivity index (χ4v) is 2.27. The topological polar surface area (TPSA) is 140 Å². The highest BCUT2D eigenvalue weighted by molar-refractivity contribution is 6.05. The summed E-state index contributed by atoms with van der Waals surface area (Å²) in [5.41, 5.74) is -0.182. The van der Waals surface area contributed by atoms with Crippen LogP contribution in [-0.2, 0) is 0 Å². The predicted molar refractivity (Wildman–Crippen MR) is 88.1 cm³/mol. The van der Waals surface area contributed by atoms with E-state index in [1.807, 2.05) is 0 Å². The summed E-state index contributed by atoms with van der Waals surface area (Å²) in [4.78, 5) is 27.3. The molecule has 0 bridgehead atoms. The third-order valence-electron chi connectivity index (χ3n) is 3.55. The first-order chi connectivity index (χ1) is 11.9. The van der Waals surface area contributed by atoms with Crippen LogP contribution in [0.2, 0.25) is 0 Å². The van der Waals surface area contributed by atoms with E-state index < -0.39 is 23.4 Å². The van der Waals surface area contributed by atoms with Crippen LogP contribution in [0.4, 0.5) is 5.82 Å². The number of hydrogen-bond acceptors (Lipinski definition) is 6. The van der Waals surface area contributed by atoms with Crippen molar-refractivity contribution in [1.29, 1.82) is 0 Å². The van der Waals surface area contributed by atoms with Crippen LogP contribution in [0, 0.1) is 0 Å². The molecule has 0 saturated carbocycles. The minimum Gasteiger partial charge on any atom is -0.505 e. The predicted octanol–water partition coefficient (Wildman–Crippen LogP) is 2.30. The fraction of sp³-hybridized carbons (Fsp3) is 0. The molecule has 1 heterocycles. The number of anilines is 1. The molecule has 0 radical (unpaired) electrons. The number of pyridine rings is 1. The van der Waals surface area contributed by atoms with Crippen molar-refractivity contribution in [2.24, 2.45) is 0 Å². The molecule has 8 heteroatoms. The number of benzene rings is 2. The van der Waals surface area contributed by atoms with E-state index in [9.17, 15) is 24.9 Å². The van der Waals surface area contributed by atoms with Gasteiger partial charge in [-0.3, -0.25) is 4.79 Å². The van der Waals surface area contributed by atoms with Crippen LogP contribution in [0.5, 0.6) is 17.2 Å². The van der Waals surface area contributed by atoms with Gasteiger partial charge in [0.2, 0.25) is 0 Å². The van der Waals surface area contributed by atoms with Crippen molar-refractivity contribution >= 4 is 28.6 Å². The molecular formula is C17H12N2O6. The Bertz CT molecular complexity index is 1020. The second-order valence-electron chi connectivity index (χ2n) is 5.19. The van der Waals surface area contributed by atoms with E-state index in [4.69, 9.17) is 5.11 Å². The first kappa shape index (κ1) is 16.1. The summed E-state index contributed by atoms with van der Waals surface area (Å²) in [5, 5.41) is 40.8. The Morgan fingerprint density at radius 1 is 0.920 bits per heavy atom. The van der Waals surface area contributed by atoms with E-state index in [1.54, 1.807) is 6.07 Å². The summed E-state index contributed by atoms with van der Waals surface area (Å²) in [7, 11) is 0. The number of carboxylic acid groups (broad SMARTS) is 1. The van der Waals surface area contributed by atoms with Gasteiger partial charge in [-0.05, 0) is 36.4 Å². The van der Waals surface area contributed by atoms with Crippen LogP contribution in [0.3, 0.4) is 0 Å². The summed E-state index contributed by atoms with van der Waals surface area (Å²) in [5.74, 6) is -3.10. The van der Waals surface area contributed by atoms with Gasteiger partial charge < -0.3 is 25.7 Å². The standard InChI is InChI=1S/C17H12N2O6/c20-11-5-2-9(7-12(11)21)16(23)19-13-6-3-8-1-4-10(17(24)25)15(22)14(8)18-13/h1-7,20-22H,(H,24,25)(H,18,19,23). The number of phenolic OH excluding ortho intramolecular Hbond substituents is 2. The van der Waals surface area contributed by atoms with Crippen molar-refractivity contribution in [3.63, 3.8) is 0 Å². The van der Waals surface area contributed by atoms with Gasteiger partial charge >= 0.3 is 5.97 Å². The Morgan fingerprint density at radius 3 is 2.32 bits per heavy atom. The molecule has 5 N–H and O–H groups in total. The van der Waals surface area contributed by atoms with Crippen molar-refractivity contribution < 1.29 is 30.0 Å². The molecule has 3 rings (SSSR count). The van der Waals surface area contributed by atoms with E-state index in [0.717, 1.165) is 6.07 Å². The van der Waals surface area contributed by atoms with Gasteiger partial charge in [0.25, 0.3) is 5.91 Å². The zero-order valence-corrected chi connectivity index (χ0v) is 12.6. The van der Waals surface area contributed by atoms with Crippen molar-refractivity contribution in [1.82, 2.24) is 4.98 Å². The number of rotatable bonds is 3. The number of carboxylic acids is 1. The molecule has 2 aromatic carbocycles. The lowest BCUT2D eigenvalue weighted by atomic mass is 10.1. The molecule has 1 amide bonds. The molecule has 25 heavy (non-hydrogen) atoms. The highest BCUT2D eigenvalue weighted by atomic mass is 16.4. The average molecular weight is 340 g/mol. The van der Waals surface area contributed by atoms with Crippen LogP contribution in [0.1, 0.15) is 20.7 Å². The highest BCUT2D eigenvalue weighted by Crippen LogP contribution is 2.29. The molecule has 8 nitrogen and oxygen atoms in total.